The molecular formula is C11H15NO3. The molecule has 0 heterocycles. The van der Waals surface area contributed by atoms with Crippen molar-refractivity contribution in [2.24, 2.45) is 5.73 Å². The first-order chi connectivity index (χ1) is 7.15. The largest absolute Gasteiger partial charge is 0.496 e. The summed E-state index contributed by atoms with van der Waals surface area (Å²) < 4.78 is 10.1. The molecule has 0 bridgehead atoms. The maximum absolute atomic E-state index is 11.1. The second-order valence-electron chi connectivity index (χ2n) is 3.21. The van der Waals surface area contributed by atoms with Crippen LogP contribution in [-0.4, -0.2) is 19.1 Å². The van der Waals surface area contributed by atoms with Crippen molar-refractivity contribution in [2.45, 2.75) is 19.6 Å². The van der Waals surface area contributed by atoms with Crippen LogP contribution in [0.3, 0.4) is 0 Å². The summed E-state index contributed by atoms with van der Waals surface area (Å²) in [6, 6.07) is 6.77. The third-order valence-electron chi connectivity index (χ3n) is 1.93. The van der Waals surface area contributed by atoms with Gasteiger partial charge in [0, 0.05) is 5.56 Å². The summed E-state index contributed by atoms with van der Waals surface area (Å²) in [5.74, 6) is 0.288. The summed E-state index contributed by atoms with van der Waals surface area (Å²) in [5, 5.41) is 0. The maximum atomic E-state index is 11.1. The summed E-state index contributed by atoms with van der Waals surface area (Å²) in [6.07, 6.45) is 0. The van der Waals surface area contributed by atoms with Crippen LogP contribution in [0.2, 0.25) is 0 Å². The van der Waals surface area contributed by atoms with Crippen molar-refractivity contribution in [3.63, 3.8) is 0 Å². The van der Waals surface area contributed by atoms with Gasteiger partial charge in [0.2, 0.25) is 0 Å². The fourth-order valence-corrected chi connectivity index (χ4v) is 1.10. The van der Waals surface area contributed by atoms with Crippen LogP contribution < -0.4 is 10.5 Å². The molecule has 15 heavy (non-hydrogen) atoms. The van der Waals surface area contributed by atoms with E-state index in [1.807, 2.05) is 24.3 Å². The second kappa shape index (κ2) is 5.36. The Labute approximate surface area is 89.0 Å². The zero-order chi connectivity index (χ0) is 11.3. The highest BCUT2D eigenvalue weighted by molar-refractivity contribution is 5.74. The fraction of sp³-hybridized carbons (Fsp3) is 0.364. The van der Waals surface area contributed by atoms with Crippen molar-refractivity contribution in [1.82, 2.24) is 0 Å². The Kier molecular flexibility index (Phi) is 4.12. The first-order valence-corrected chi connectivity index (χ1v) is 4.69. The molecule has 4 heteroatoms. The van der Waals surface area contributed by atoms with E-state index in [1.165, 1.54) is 0 Å². The molecule has 0 saturated heterocycles. The van der Waals surface area contributed by atoms with E-state index in [4.69, 9.17) is 15.2 Å². The number of rotatable bonds is 4. The number of hydrogen-bond donors (Lipinski definition) is 1. The molecule has 1 aromatic rings. The third-order valence-corrected chi connectivity index (χ3v) is 1.93. The van der Waals surface area contributed by atoms with Crippen LogP contribution in [0.25, 0.3) is 0 Å². The van der Waals surface area contributed by atoms with Crippen LogP contribution in [0, 0.1) is 0 Å². The van der Waals surface area contributed by atoms with Crippen molar-refractivity contribution in [3.05, 3.63) is 29.8 Å². The molecule has 0 aromatic heterocycles. The zero-order valence-electron chi connectivity index (χ0n) is 8.90. The molecule has 0 spiro atoms. The predicted molar refractivity (Wildman–Crippen MR) is 56.4 cm³/mol. The SMILES string of the molecule is COc1ccccc1COC(=O)C(C)N. The van der Waals surface area contributed by atoms with Gasteiger partial charge in [0.25, 0.3) is 0 Å². The van der Waals surface area contributed by atoms with Gasteiger partial charge in [-0.25, -0.2) is 0 Å². The van der Waals surface area contributed by atoms with Crippen LogP contribution in [0.4, 0.5) is 0 Å². The summed E-state index contributed by atoms with van der Waals surface area (Å²) in [6.45, 7) is 1.77. The Morgan fingerprint density at radius 2 is 2.13 bits per heavy atom. The molecule has 2 N–H and O–H groups in total. The van der Waals surface area contributed by atoms with Gasteiger partial charge in [-0.05, 0) is 13.0 Å². The van der Waals surface area contributed by atoms with Gasteiger partial charge >= 0.3 is 5.97 Å². The highest BCUT2D eigenvalue weighted by Crippen LogP contribution is 2.17. The van der Waals surface area contributed by atoms with E-state index in [-0.39, 0.29) is 6.61 Å². The minimum Gasteiger partial charge on any atom is -0.496 e. The van der Waals surface area contributed by atoms with E-state index < -0.39 is 12.0 Å². The summed E-state index contributed by atoms with van der Waals surface area (Å²) in [4.78, 5) is 11.1. The Morgan fingerprint density at radius 1 is 1.47 bits per heavy atom. The van der Waals surface area contributed by atoms with Crippen molar-refractivity contribution >= 4 is 5.97 Å². The molecule has 1 atom stereocenters. The van der Waals surface area contributed by atoms with Gasteiger partial charge in [0.05, 0.1) is 7.11 Å². The molecular weight excluding hydrogens is 194 g/mol. The Balaban J connectivity index is 2.61. The van der Waals surface area contributed by atoms with Crippen molar-refractivity contribution in [3.8, 4) is 5.75 Å². The van der Waals surface area contributed by atoms with Gasteiger partial charge in [-0.15, -0.1) is 0 Å². The van der Waals surface area contributed by atoms with Crippen LogP contribution in [0.15, 0.2) is 24.3 Å². The topological polar surface area (TPSA) is 61.5 Å². The lowest BCUT2D eigenvalue weighted by Gasteiger charge is -2.10. The number of ether oxygens (including phenoxy) is 2. The standard InChI is InChI=1S/C11H15NO3/c1-8(12)11(13)15-7-9-5-3-4-6-10(9)14-2/h3-6,8H,7,12H2,1-2H3. The number of methoxy groups -OCH3 is 1. The van der Waals surface area contributed by atoms with Gasteiger partial charge < -0.3 is 15.2 Å². The maximum Gasteiger partial charge on any atom is 0.322 e. The Bertz CT molecular complexity index is 336. The van der Waals surface area contributed by atoms with Crippen LogP contribution in [-0.2, 0) is 16.1 Å². The van der Waals surface area contributed by atoms with Crippen molar-refractivity contribution < 1.29 is 14.3 Å². The van der Waals surface area contributed by atoms with E-state index in [0.29, 0.717) is 5.75 Å². The molecule has 0 aliphatic rings. The van der Waals surface area contributed by atoms with Crippen molar-refractivity contribution in [2.75, 3.05) is 7.11 Å². The average molecular weight is 209 g/mol. The predicted octanol–water partition coefficient (Wildman–Crippen LogP) is 1.09. The number of hydrogen-bond acceptors (Lipinski definition) is 4. The lowest BCUT2D eigenvalue weighted by Crippen LogP contribution is -2.28. The van der Waals surface area contributed by atoms with Gasteiger partial charge in [-0.2, -0.15) is 0 Å². The van der Waals surface area contributed by atoms with Crippen molar-refractivity contribution in [1.29, 1.82) is 0 Å². The van der Waals surface area contributed by atoms with Crippen LogP contribution >= 0.6 is 0 Å². The number of esters is 1. The molecule has 0 saturated carbocycles. The van der Waals surface area contributed by atoms with Gasteiger partial charge in [-0.3, -0.25) is 4.79 Å². The molecule has 1 rings (SSSR count). The van der Waals surface area contributed by atoms with Gasteiger partial charge in [-0.1, -0.05) is 18.2 Å². The first kappa shape index (κ1) is 11.5. The number of para-hydroxylation sites is 1. The normalized spacial score (nSPS) is 11.9. The lowest BCUT2D eigenvalue weighted by molar-refractivity contribution is -0.146. The Morgan fingerprint density at radius 3 is 2.73 bits per heavy atom. The zero-order valence-corrected chi connectivity index (χ0v) is 8.90. The number of carbonyl (C=O) groups excluding carboxylic acids is 1. The van der Waals surface area contributed by atoms with E-state index >= 15 is 0 Å². The minimum absolute atomic E-state index is 0.185. The van der Waals surface area contributed by atoms with Gasteiger partial charge in [0.1, 0.15) is 18.4 Å². The smallest absolute Gasteiger partial charge is 0.322 e. The summed E-state index contributed by atoms with van der Waals surface area (Å²) >= 11 is 0. The third kappa shape index (κ3) is 3.25. The van der Waals surface area contributed by atoms with E-state index in [2.05, 4.69) is 0 Å². The molecule has 1 unspecified atom stereocenters. The minimum atomic E-state index is -0.597. The lowest BCUT2D eigenvalue weighted by atomic mass is 10.2. The van der Waals surface area contributed by atoms with E-state index in [0.717, 1.165) is 5.56 Å². The molecule has 0 fully saturated rings. The average Bonchev–Trinajstić information content (AvgIpc) is 2.26. The van der Waals surface area contributed by atoms with Crippen LogP contribution in [0.1, 0.15) is 12.5 Å². The van der Waals surface area contributed by atoms with Gasteiger partial charge in [0.15, 0.2) is 0 Å². The number of nitrogens with two attached hydrogens (primary N) is 1. The highest BCUT2D eigenvalue weighted by Gasteiger charge is 2.10. The Hall–Kier alpha value is -1.55. The monoisotopic (exact) mass is 209 g/mol. The molecule has 0 aliphatic carbocycles. The van der Waals surface area contributed by atoms with Crippen LogP contribution in [0.5, 0.6) is 5.75 Å². The molecule has 0 amide bonds. The summed E-state index contributed by atoms with van der Waals surface area (Å²) in [7, 11) is 1.58. The molecule has 4 nitrogen and oxygen atoms in total. The quantitative estimate of drug-likeness (QED) is 0.754. The summed E-state index contributed by atoms with van der Waals surface area (Å²) in [5.41, 5.74) is 6.19. The molecule has 0 aliphatic heterocycles. The highest BCUT2D eigenvalue weighted by atomic mass is 16.5. The second-order valence-corrected chi connectivity index (χ2v) is 3.21. The first-order valence-electron chi connectivity index (χ1n) is 4.69. The van der Waals surface area contributed by atoms with E-state index in [1.54, 1.807) is 14.0 Å². The number of carbonyl (C=O) groups is 1. The van der Waals surface area contributed by atoms with E-state index in [9.17, 15) is 4.79 Å². The number of benzene rings is 1. The molecule has 1 aromatic carbocycles. The fourth-order valence-electron chi connectivity index (χ4n) is 1.10. The molecule has 0 radical (unpaired) electrons. The molecule has 82 valence electrons.